The number of rotatable bonds is 36. The monoisotopic (exact) mass is 934 g/mol. The number of aliphatic hydroxyl groups excluding tert-OH is 8. The number of aliphatic hydroxyl groups is 8. The normalized spacial score (nSPS) is 27.5. The van der Waals surface area contributed by atoms with Gasteiger partial charge in [-0.15, -0.1) is 0 Å². The lowest BCUT2D eigenvalue weighted by atomic mass is 9.97. The molecule has 0 aromatic carbocycles. The van der Waals surface area contributed by atoms with Crippen molar-refractivity contribution in [2.75, 3.05) is 19.8 Å². The van der Waals surface area contributed by atoms with E-state index in [1.807, 2.05) is 6.08 Å². The molecule has 12 atom stereocenters. The largest absolute Gasteiger partial charge is 0.394 e. The number of carbonyl (C=O) groups excluding carboxylic acids is 1. The SMILES string of the molecule is CC/C=C\C/C=C\C/C=C\C/C=C\C/C=C\CCCCCC(=O)NC(COC1OC(CO)C(OC2OC(CO)C(O)C(O)C2O)C(O)C1O)C(O)/C=C/CC/C=C/CCCCCCCCC. The van der Waals surface area contributed by atoms with Crippen molar-refractivity contribution in [1.29, 1.82) is 0 Å². The number of hydrogen-bond acceptors (Lipinski definition) is 13. The number of allylic oxidation sites excluding steroid dienone is 13. The lowest BCUT2D eigenvalue weighted by Crippen LogP contribution is -2.65. The molecule has 2 aliphatic heterocycles. The van der Waals surface area contributed by atoms with Gasteiger partial charge in [0.1, 0.15) is 48.8 Å². The van der Waals surface area contributed by atoms with Gasteiger partial charge in [-0.05, 0) is 77.0 Å². The molecular weight excluding hydrogens is 847 g/mol. The van der Waals surface area contributed by atoms with Crippen LogP contribution in [0.25, 0.3) is 0 Å². The van der Waals surface area contributed by atoms with Crippen LogP contribution in [0.3, 0.4) is 0 Å². The van der Waals surface area contributed by atoms with E-state index in [1.54, 1.807) is 6.08 Å². The molecule has 1 amide bonds. The lowest BCUT2D eigenvalue weighted by molar-refractivity contribution is -0.359. The number of unbranched alkanes of at least 4 members (excludes halogenated alkanes) is 11. The molecule has 0 aromatic heterocycles. The predicted molar refractivity (Wildman–Crippen MR) is 258 cm³/mol. The van der Waals surface area contributed by atoms with E-state index < -0.39 is 86.8 Å². The van der Waals surface area contributed by atoms with Crippen molar-refractivity contribution >= 4 is 5.91 Å². The van der Waals surface area contributed by atoms with Gasteiger partial charge >= 0.3 is 0 Å². The second kappa shape index (κ2) is 38.1. The van der Waals surface area contributed by atoms with E-state index in [0.29, 0.717) is 12.8 Å². The number of ether oxygens (including phenoxy) is 4. The Hall–Kier alpha value is -2.83. The van der Waals surface area contributed by atoms with Crippen LogP contribution in [0, 0.1) is 0 Å². The van der Waals surface area contributed by atoms with E-state index >= 15 is 0 Å². The molecule has 2 fully saturated rings. The van der Waals surface area contributed by atoms with Crippen LogP contribution in [0.4, 0.5) is 0 Å². The van der Waals surface area contributed by atoms with Crippen molar-refractivity contribution in [2.45, 2.75) is 216 Å². The Balaban J connectivity index is 1.89. The summed E-state index contributed by atoms with van der Waals surface area (Å²) in [5.41, 5.74) is 0. The molecule has 14 heteroatoms. The topological polar surface area (TPSA) is 228 Å². The van der Waals surface area contributed by atoms with Crippen LogP contribution >= 0.6 is 0 Å². The fraction of sp³-hybridized carbons (Fsp3) is 0.712. The second-order valence-electron chi connectivity index (χ2n) is 17.2. The third kappa shape index (κ3) is 25.0. The Bertz CT molecular complexity index is 1430. The average molecular weight is 934 g/mol. The number of hydrogen-bond donors (Lipinski definition) is 9. The molecule has 66 heavy (non-hydrogen) atoms. The fourth-order valence-corrected chi connectivity index (χ4v) is 7.51. The molecule has 2 aliphatic rings. The summed E-state index contributed by atoms with van der Waals surface area (Å²) in [6.07, 6.45) is 31.9. The van der Waals surface area contributed by atoms with E-state index in [-0.39, 0.29) is 18.9 Å². The van der Waals surface area contributed by atoms with Crippen LogP contribution in [0.15, 0.2) is 85.1 Å². The first-order valence-corrected chi connectivity index (χ1v) is 24.8. The lowest BCUT2D eigenvalue weighted by Gasteiger charge is -2.46. The zero-order valence-corrected chi connectivity index (χ0v) is 39.9. The van der Waals surface area contributed by atoms with Crippen LogP contribution in [0.2, 0.25) is 0 Å². The molecule has 2 rings (SSSR count). The van der Waals surface area contributed by atoms with Crippen LogP contribution < -0.4 is 5.32 Å². The standard InChI is InChI=1S/C52H87NO13/c1-3-5-7-9-11-13-15-17-18-19-20-21-22-24-26-28-30-32-34-36-44(57)53-40(41(56)35-33-31-29-27-25-23-16-14-12-10-8-6-4-2)39-63-51-49(62)47(60)50(43(38-55)65-51)66-52-48(61)46(59)45(58)42(37-54)64-52/h5,7,11,13,17-18,20-21,24-27,33,35,40-43,45-52,54-56,58-62H,3-4,6,8-10,12,14-16,19,22-23,28-32,34,36-39H2,1-2H3,(H,53,57)/b7-5-,13-11-,18-17-,21-20-,26-24-,27-25+,35-33+. The Morgan fingerprint density at radius 3 is 1.67 bits per heavy atom. The summed E-state index contributed by atoms with van der Waals surface area (Å²) in [4.78, 5) is 13.1. The van der Waals surface area contributed by atoms with Gasteiger partial charge in [0.25, 0.3) is 0 Å². The van der Waals surface area contributed by atoms with Crippen molar-refractivity contribution in [3.8, 4) is 0 Å². The molecular formula is C52H87NO13. The minimum atomic E-state index is -1.80. The summed E-state index contributed by atoms with van der Waals surface area (Å²) in [5.74, 6) is -0.286. The maximum Gasteiger partial charge on any atom is 0.220 e. The van der Waals surface area contributed by atoms with Gasteiger partial charge in [-0.1, -0.05) is 144 Å². The summed E-state index contributed by atoms with van der Waals surface area (Å²) in [6, 6.07) is -0.952. The minimum Gasteiger partial charge on any atom is -0.394 e. The van der Waals surface area contributed by atoms with E-state index in [0.717, 1.165) is 64.2 Å². The first-order valence-electron chi connectivity index (χ1n) is 24.8. The van der Waals surface area contributed by atoms with Gasteiger partial charge in [-0.2, -0.15) is 0 Å². The Morgan fingerprint density at radius 1 is 0.561 bits per heavy atom. The van der Waals surface area contributed by atoms with Crippen LogP contribution in [-0.4, -0.2) is 140 Å². The second-order valence-corrected chi connectivity index (χ2v) is 17.2. The third-order valence-corrected chi connectivity index (χ3v) is 11.6. The minimum absolute atomic E-state index is 0.229. The Kier molecular flexibility index (Phi) is 34.2. The van der Waals surface area contributed by atoms with Gasteiger partial charge in [-0.25, -0.2) is 0 Å². The maximum atomic E-state index is 13.1. The summed E-state index contributed by atoms with van der Waals surface area (Å²) in [6.45, 7) is 2.58. The van der Waals surface area contributed by atoms with Gasteiger partial charge < -0.3 is 65.1 Å². The van der Waals surface area contributed by atoms with Crippen molar-refractivity contribution in [1.82, 2.24) is 5.32 Å². The van der Waals surface area contributed by atoms with Gasteiger partial charge in [0.15, 0.2) is 12.6 Å². The van der Waals surface area contributed by atoms with E-state index in [9.17, 15) is 45.6 Å². The quantitative estimate of drug-likeness (QED) is 0.0252. The first-order chi connectivity index (χ1) is 32.1. The molecule has 9 N–H and O–H groups in total. The molecule has 0 radical (unpaired) electrons. The molecule has 2 saturated heterocycles. The maximum absolute atomic E-state index is 13.1. The molecule has 14 nitrogen and oxygen atoms in total. The van der Waals surface area contributed by atoms with E-state index in [2.05, 4.69) is 92.1 Å². The Labute approximate surface area is 395 Å². The molecule has 0 bridgehead atoms. The smallest absolute Gasteiger partial charge is 0.220 e. The van der Waals surface area contributed by atoms with Gasteiger partial charge in [0.05, 0.1) is 32.0 Å². The zero-order valence-electron chi connectivity index (χ0n) is 39.9. The average Bonchev–Trinajstić information content (AvgIpc) is 3.31. The van der Waals surface area contributed by atoms with Crippen LogP contribution in [0.5, 0.6) is 0 Å². The highest BCUT2D eigenvalue weighted by Crippen LogP contribution is 2.30. The van der Waals surface area contributed by atoms with E-state index in [4.69, 9.17) is 18.9 Å². The highest BCUT2D eigenvalue weighted by molar-refractivity contribution is 5.76. The predicted octanol–water partition coefficient (Wildman–Crippen LogP) is 6.21. The molecule has 0 aliphatic carbocycles. The van der Waals surface area contributed by atoms with Crippen LogP contribution in [-0.2, 0) is 23.7 Å². The summed E-state index contributed by atoms with van der Waals surface area (Å²) in [7, 11) is 0. The Morgan fingerprint density at radius 2 is 1.06 bits per heavy atom. The molecule has 378 valence electrons. The van der Waals surface area contributed by atoms with Gasteiger partial charge in [0.2, 0.25) is 5.91 Å². The zero-order chi connectivity index (χ0) is 48.2. The summed E-state index contributed by atoms with van der Waals surface area (Å²) in [5, 5.41) is 86.6. The molecule has 0 saturated carbocycles. The van der Waals surface area contributed by atoms with Gasteiger partial charge in [-0.3, -0.25) is 4.79 Å². The third-order valence-electron chi connectivity index (χ3n) is 11.6. The molecule has 2 heterocycles. The number of carbonyl (C=O) groups is 1. The summed E-state index contributed by atoms with van der Waals surface area (Å²) < 4.78 is 22.6. The number of amides is 1. The van der Waals surface area contributed by atoms with Gasteiger partial charge in [0, 0.05) is 6.42 Å². The fourth-order valence-electron chi connectivity index (χ4n) is 7.51. The molecule has 0 aromatic rings. The highest BCUT2D eigenvalue weighted by Gasteiger charge is 2.51. The summed E-state index contributed by atoms with van der Waals surface area (Å²) >= 11 is 0. The van der Waals surface area contributed by atoms with Crippen molar-refractivity contribution in [3.63, 3.8) is 0 Å². The van der Waals surface area contributed by atoms with E-state index in [1.165, 1.54) is 44.9 Å². The van der Waals surface area contributed by atoms with Crippen molar-refractivity contribution < 1.29 is 64.6 Å². The molecule has 0 spiro atoms. The van der Waals surface area contributed by atoms with Crippen molar-refractivity contribution in [2.24, 2.45) is 0 Å². The number of nitrogens with one attached hydrogen (secondary N) is 1. The van der Waals surface area contributed by atoms with Crippen molar-refractivity contribution in [3.05, 3.63) is 85.1 Å². The highest BCUT2D eigenvalue weighted by atomic mass is 16.7. The molecule has 12 unspecified atom stereocenters. The first kappa shape index (κ1) is 59.3. The van der Waals surface area contributed by atoms with Crippen LogP contribution in [0.1, 0.15) is 142 Å².